The fourth-order valence-corrected chi connectivity index (χ4v) is 4.40. The lowest BCUT2D eigenvalue weighted by Crippen LogP contribution is -2.28. The highest BCUT2D eigenvalue weighted by Crippen LogP contribution is 2.41. The SMILES string of the molecule is CC(C)CN1CC(c2ccccc2)SC1=Nc1ccc(C(F)(F)F)cc1Cl.Cl. The van der Waals surface area contributed by atoms with Gasteiger partial charge in [-0.25, -0.2) is 4.99 Å². The minimum absolute atomic E-state index is 0. The van der Waals surface area contributed by atoms with Gasteiger partial charge in [0, 0.05) is 13.1 Å². The van der Waals surface area contributed by atoms with Gasteiger partial charge in [-0.2, -0.15) is 13.2 Å². The van der Waals surface area contributed by atoms with E-state index in [2.05, 4.69) is 35.9 Å². The number of nitrogens with zero attached hydrogens (tertiary/aromatic N) is 2. The first-order valence-corrected chi connectivity index (χ1v) is 9.92. The Morgan fingerprint density at radius 2 is 1.86 bits per heavy atom. The van der Waals surface area contributed by atoms with Crippen molar-refractivity contribution in [1.82, 2.24) is 4.90 Å². The molecule has 0 spiro atoms. The molecule has 0 aromatic heterocycles. The highest BCUT2D eigenvalue weighted by atomic mass is 35.5. The summed E-state index contributed by atoms with van der Waals surface area (Å²) in [7, 11) is 0. The average Bonchev–Trinajstić information content (AvgIpc) is 2.98. The van der Waals surface area contributed by atoms with Crippen molar-refractivity contribution < 1.29 is 13.2 Å². The van der Waals surface area contributed by atoms with Crippen molar-refractivity contribution in [1.29, 1.82) is 0 Å². The second kappa shape index (κ2) is 9.42. The summed E-state index contributed by atoms with van der Waals surface area (Å²) in [5, 5.41) is 1.03. The number of amidine groups is 1. The zero-order valence-corrected chi connectivity index (χ0v) is 17.8. The maximum absolute atomic E-state index is 12.8. The molecule has 1 fully saturated rings. The summed E-state index contributed by atoms with van der Waals surface area (Å²) in [4.78, 5) is 6.78. The van der Waals surface area contributed by atoms with E-state index in [1.807, 2.05) is 18.2 Å². The van der Waals surface area contributed by atoms with Crippen LogP contribution in [0.15, 0.2) is 53.5 Å². The van der Waals surface area contributed by atoms with Gasteiger partial charge in [-0.3, -0.25) is 0 Å². The normalized spacial score (nSPS) is 18.6. The van der Waals surface area contributed by atoms with Crippen LogP contribution in [0, 0.1) is 5.92 Å². The van der Waals surface area contributed by atoms with Crippen molar-refractivity contribution in [2.24, 2.45) is 10.9 Å². The van der Waals surface area contributed by atoms with Crippen LogP contribution in [0.4, 0.5) is 18.9 Å². The average molecular weight is 449 g/mol. The zero-order chi connectivity index (χ0) is 19.6. The molecule has 0 saturated carbocycles. The molecule has 3 rings (SSSR count). The molecule has 1 heterocycles. The summed E-state index contributed by atoms with van der Waals surface area (Å²) in [5.41, 5.74) is 0.798. The molecule has 2 aromatic carbocycles. The first-order valence-electron chi connectivity index (χ1n) is 8.66. The van der Waals surface area contributed by atoms with Crippen molar-refractivity contribution in [3.05, 3.63) is 64.7 Å². The number of hydrogen-bond donors (Lipinski definition) is 0. The van der Waals surface area contributed by atoms with Gasteiger partial charge in [0.2, 0.25) is 0 Å². The molecule has 0 bridgehead atoms. The number of rotatable bonds is 4. The molecule has 0 radical (unpaired) electrons. The molecule has 1 saturated heterocycles. The van der Waals surface area contributed by atoms with E-state index < -0.39 is 11.7 Å². The van der Waals surface area contributed by atoms with Gasteiger partial charge in [-0.1, -0.05) is 67.5 Å². The van der Waals surface area contributed by atoms with E-state index in [1.165, 1.54) is 11.6 Å². The largest absolute Gasteiger partial charge is 0.416 e. The second-order valence-corrected chi connectivity index (χ2v) is 8.45. The van der Waals surface area contributed by atoms with E-state index in [0.29, 0.717) is 11.6 Å². The fraction of sp³-hybridized carbons (Fsp3) is 0.350. The van der Waals surface area contributed by atoms with E-state index in [9.17, 15) is 13.2 Å². The predicted molar refractivity (Wildman–Crippen MR) is 114 cm³/mol. The van der Waals surface area contributed by atoms with E-state index >= 15 is 0 Å². The number of halogens is 5. The minimum Gasteiger partial charge on any atom is -0.349 e. The lowest BCUT2D eigenvalue weighted by molar-refractivity contribution is -0.137. The summed E-state index contributed by atoms with van der Waals surface area (Å²) in [5.74, 6) is 0.438. The molecule has 0 N–H and O–H groups in total. The first-order chi connectivity index (χ1) is 12.7. The van der Waals surface area contributed by atoms with E-state index in [0.717, 1.165) is 30.4 Å². The van der Waals surface area contributed by atoms with Crippen molar-refractivity contribution in [3.63, 3.8) is 0 Å². The van der Waals surface area contributed by atoms with Crippen LogP contribution in [0.1, 0.15) is 30.2 Å². The van der Waals surface area contributed by atoms with E-state index in [1.54, 1.807) is 11.8 Å². The first kappa shape index (κ1) is 22.9. The summed E-state index contributed by atoms with van der Waals surface area (Å²) in [6, 6.07) is 13.4. The van der Waals surface area contributed by atoms with Crippen LogP contribution in [-0.2, 0) is 6.18 Å². The van der Waals surface area contributed by atoms with Crippen LogP contribution in [0.2, 0.25) is 5.02 Å². The lowest BCUT2D eigenvalue weighted by Gasteiger charge is -2.20. The van der Waals surface area contributed by atoms with E-state index in [4.69, 9.17) is 11.6 Å². The molecule has 2 nitrogen and oxygen atoms in total. The molecular weight excluding hydrogens is 428 g/mol. The zero-order valence-electron chi connectivity index (χ0n) is 15.4. The van der Waals surface area contributed by atoms with Crippen molar-refractivity contribution in [2.45, 2.75) is 25.3 Å². The third kappa shape index (κ3) is 5.58. The third-order valence-corrected chi connectivity index (χ3v) is 5.72. The quantitative estimate of drug-likeness (QED) is 0.490. The van der Waals surface area contributed by atoms with Crippen LogP contribution < -0.4 is 0 Å². The van der Waals surface area contributed by atoms with Gasteiger partial charge in [-0.05, 0) is 29.7 Å². The highest BCUT2D eigenvalue weighted by molar-refractivity contribution is 8.14. The Morgan fingerprint density at radius 1 is 1.18 bits per heavy atom. The number of hydrogen-bond acceptors (Lipinski definition) is 2. The Labute approximate surface area is 178 Å². The van der Waals surface area contributed by atoms with Crippen LogP contribution in [0.5, 0.6) is 0 Å². The summed E-state index contributed by atoms with van der Waals surface area (Å²) in [6.07, 6.45) is -4.42. The maximum atomic E-state index is 12.8. The summed E-state index contributed by atoms with van der Waals surface area (Å²) < 4.78 is 38.5. The molecule has 0 amide bonds. The molecule has 28 heavy (non-hydrogen) atoms. The molecule has 1 atom stereocenters. The Hall–Kier alpha value is -1.37. The van der Waals surface area contributed by atoms with Gasteiger partial charge in [0.15, 0.2) is 5.17 Å². The van der Waals surface area contributed by atoms with Crippen LogP contribution >= 0.6 is 35.8 Å². The van der Waals surface area contributed by atoms with Crippen LogP contribution in [0.25, 0.3) is 0 Å². The monoisotopic (exact) mass is 448 g/mol. The topological polar surface area (TPSA) is 15.6 Å². The number of thioether (sulfide) groups is 1. The molecule has 152 valence electrons. The van der Waals surface area contributed by atoms with Crippen molar-refractivity contribution >= 4 is 46.6 Å². The Bertz CT molecular complexity index is 826. The Balaban J connectivity index is 0.00000280. The fourth-order valence-electron chi connectivity index (χ4n) is 2.93. The minimum atomic E-state index is -4.42. The van der Waals surface area contributed by atoms with Gasteiger partial charge in [-0.15, -0.1) is 12.4 Å². The molecule has 1 unspecified atom stereocenters. The summed E-state index contributed by atoms with van der Waals surface area (Å²) >= 11 is 7.71. The Kier molecular flexibility index (Phi) is 7.71. The summed E-state index contributed by atoms with van der Waals surface area (Å²) in [6.45, 7) is 5.89. The number of alkyl halides is 3. The number of benzene rings is 2. The van der Waals surface area contributed by atoms with Crippen LogP contribution in [0.3, 0.4) is 0 Å². The molecule has 0 aliphatic carbocycles. The van der Waals surface area contributed by atoms with Gasteiger partial charge in [0.1, 0.15) is 0 Å². The predicted octanol–water partition coefficient (Wildman–Crippen LogP) is 7.21. The number of aliphatic imine (C=N–C) groups is 1. The van der Waals surface area contributed by atoms with Gasteiger partial charge in [0.05, 0.1) is 21.5 Å². The van der Waals surface area contributed by atoms with Crippen LogP contribution in [-0.4, -0.2) is 23.2 Å². The Morgan fingerprint density at radius 3 is 2.43 bits per heavy atom. The second-order valence-electron chi connectivity index (χ2n) is 6.87. The maximum Gasteiger partial charge on any atom is 0.416 e. The van der Waals surface area contributed by atoms with Crippen molar-refractivity contribution in [2.75, 3.05) is 13.1 Å². The smallest absolute Gasteiger partial charge is 0.349 e. The van der Waals surface area contributed by atoms with Crippen molar-refractivity contribution in [3.8, 4) is 0 Å². The molecule has 1 aliphatic rings. The third-order valence-electron chi connectivity index (χ3n) is 4.15. The standard InChI is InChI=1S/C20H20ClF3N2S.ClH/c1-13(2)11-26-12-18(14-6-4-3-5-7-14)27-19(26)25-17-9-8-15(10-16(17)21)20(22,23)24;/h3-10,13,18H,11-12H2,1-2H3;1H. The van der Waals surface area contributed by atoms with Gasteiger partial charge in [0.25, 0.3) is 0 Å². The molecular formula is C20H21Cl2F3N2S. The molecule has 1 aliphatic heterocycles. The van der Waals surface area contributed by atoms with E-state index in [-0.39, 0.29) is 22.7 Å². The van der Waals surface area contributed by atoms with Gasteiger partial charge < -0.3 is 4.90 Å². The molecule has 2 aromatic rings. The van der Waals surface area contributed by atoms with Gasteiger partial charge >= 0.3 is 6.18 Å². The molecule has 8 heteroatoms. The lowest BCUT2D eigenvalue weighted by atomic mass is 10.1. The highest BCUT2D eigenvalue weighted by Gasteiger charge is 2.32.